The van der Waals surface area contributed by atoms with Crippen LogP contribution in [0.1, 0.15) is 26.7 Å². The van der Waals surface area contributed by atoms with Crippen LogP contribution in [0.2, 0.25) is 0 Å². The van der Waals surface area contributed by atoms with Crippen molar-refractivity contribution in [2.75, 3.05) is 32.8 Å². The van der Waals surface area contributed by atoms with Crippen molar-refractivity contribution in [2.24, 2.45) is 11.7 Å². The van der Waals surface area contributed by atoms with Crippen molar-refractivity contribution >= 4 is 11.8 Å². The zero-order chi connectivity index (χ0) is 14.3. The summed E-state index contributed by atoms with van der Waals surface area (Å²) >= 11 is 0. The van der Waals surface area contributed by atoms with E-state index in [2.05, 4.69) is 5.32 Å². The van der Waals surface area contributed by atoms with Gasteiger partial charge in [0.15, 0.2) is 0 Å². The third kappa shape index (κ3) is 6.54. The molecule has 110 valence electrons. The molecule has 1 aliphatic heterocycles. The number of carbonyl (C=O) groups is 2. The first-order valence-electron chi connectivity index (χ1n) is 6.87. The van der Waals surface area contributed by atoms with Crippen molar-refractivity contribution in [2.45, 2.75) is 32.8 Å². The van der Waals surface area contributed by atoms with Gasteiger partial charge in [-0.25, -0.2) is 0 Å². The first-order chi connectivity index (χ1) is 8.99. The van der Waals surface area contributed by atoms with Gasteiger partial charge < -0.3 is 20.7 Å². The van der Waals surface area contributed by atoms with E-state index in [1.54, 1.807) is 0 Å². The maximum absolute atomic E-state index is 12.0. The number of rotatable bonds is 7. The van der Waals surface area contributed by atoms with E-state index >= 15 is 0 Å². The molecule has 6 heteroatoms. The molecule has 0 radical (unpaired) electrons. The van der Waals surface area contributed by atoms with Crippen LogP contribution in [0.3, 0.4) is 0 Å². The van der Waals surface area contributed by atoms with E-state index in [0.717, 1.165) is 25.9 Å². The molecule has 0 saturated carbocycles. The molecule has 0 spiro atoms. The number of primary amides is 1. The van der Waals surface area contributed by atoms with Gasteiger partial charge in [0.1, 0.15) is 6.61 Å². The van der Waals surface area contributed by atoms with Crippen LogP contribution in [0.25, 0.3) is 0 Å². The number of nitrogens with zero attached hydrogens (tertiary/aromatic N) is 1. The summed E-state index contributed by atoms with van der Waals surface area (Å²) in [4.78, 5) is 24.5. The van der Waals surface area contributed by atoms with Crippen LogP contribution in [0.4, 0.5) is 0 Å². The number of ether oxygens (including phenoxy) is 1. The molecule has 0 aromatic heterocycles. The highest BCUT2D eigenvalue weighted by Crippen LogP contribution is 2.08. The van der Waals surface area contributed by atoms with Crippen LogP contribution in [0.5, 0.6) is 0 Å². The Balaban J connectivity index is 2.39. The maximum atomic E-state index is 12.0. The van der Waals surface area contributed by atoms with E-state index in [-0.39, 0.29) is 25.2 Å². The zero-order valence-electron chi connectivity index (χ0n) is 11.9. The fourth-order valence-corrected chi connectivity index (χ4v) is 2.13. The van der Waals surface area contributed by atoms with Gasteiger partial charge in [0.2, 0.25) is 11.8 Å². The summed E-state index contributed by atoms with van der Waals surface area (Å²) in [5.41, 5.74) is 5.16. The molecule has 0 aliphatic carbocycles. The SMILES string of the molecule is CC(C)CN(CC(N)=O)C(=O)COC1CCNCC1. The van der Waals surface area contributed by atoms with Gasteiger partial charge in [-0.15, -0.1) is 0 Å². The molecule has 0 unspecified atom stereocenters. The van der Waals surface area contributed by atoms with Crippen LogP contribution in [-0.4, -0.2) is 55.6 Å². The second kappa shape index (κ2) is 8.12. The number of nitrogens with two attached hydrogens (primary N) is 1. The molecule has 0 bridgehead atoms. The van der Waals surface area contributed by atoms with E-state index in [1.165, 1.54) is 4.90 Å². The number of hydrogen-bond donors (Lipinski definition) is 2. The van der Waals surface area contributed by atoms with Gasteiger partial charge in [0.05, 0.1) is 12.6 Å². The minimum absolute atomic E-state index is 0.0324. The zero-order valence-corrected chi connectivity index (χ0v) is 11.9. The molecule has 1 saturated heterocycles. The van der Waals surface area contributed by atoms with Gasteiger partial charge in [-0.1, -0.05) is 13.8 Å². The predicted octanol–water partition coefficient (Wildman–Crippen LogP) is -0.275. The molecule has 0 aromatic rings. The molecular weight excluding hydrogens is 246 g/mol. The molecule has 19 heavy (non-hydrogen) atoms. The van der Waals surface area contributed by atoms with Crippen LogP contribution in [-0.2, 0) is 14.3 Å². The smallest absolute Gasteiger partial charge is 0.249 e. The van der Waals surface area contributed by atoms with E-state index in [0.29, 0.717) is 12.5 Å². The van der Waals surface area contributed by atoms with E-state index in [1.807, 2.05) is 13.8 Å². The van der Waals surface area contributed by atoms with Crippen molar-refractivity contribution in [1.29, 1.82) is 0 Å². The van der Waals surface area contributed by atoms with E-state index in [4.69, 9.17) is 10.5 Å². The third-order valence-corrected chi connectivity index (χ3v) is 3.01. The fraction of sp³-hybridized carbons (Fsp3) is 0.846. The number of hydrogen-bond acceptors (Lipinski definition) is 4. The predicted molar refractivity (Wildman–Crippen MR) is 72.5 cm³/mol. The Hall–Kier alpha value is -1.14. The van der Waals surface area contributed by atoms with Crippen molar-refractivity contribution in [3.05, 3.63) is 0 Å². The summed E-state index contributed by atoms with van der Waals surface area (Å²) < 4.78 is 5.61. The second-order valence-corrected chi connectivity index (χ2v) is 5.39. The largest absolute Gasteiger partial charge is 0.368 e. The van der Waals surface area contributed by atoms with E-state index in [9.17, 15) is 9.59 Å². The Morgan fingerprint density at radius 3 is 2.53 bits per heavy atom. The van der Waals surface area contributed by atoms with Crippen LogP contribution >= 0.6 is 0 Å². The fourth-order valence-electron chi connectivity index (χ4n) is 2.13. The number of carbonyl (C=O) groups excluding carboxylic acids is 2. The molecule has 6 nitrogen and oxygen atoms in total. The van der Waals surface area contributed by atoms with Gasteiger partial charge in [-0.2, -0.15) is 0 Å². The minimum Gasteiger partial charge on any atom is -0.368 e. The quantitative estimate of drug-likeness (QED) is 0.667. The van der Waals surface area contributed by atoms with Gasteiger partial charge in [-0.05, 0) is 31.8 Å². The summed E-state index contributed by atoms with van der Waals surface area (Å²) in [6, 6.07) is 0. The first kappa shape index (κ1) is 15.9. The lowest BCUT2D eigenvalue weighted by Gasteiger charge is -2.26. The number of amides is 2. The molecule has 0 aromatic carbocycles. The minimum atomic E-state index is -0.490. The molecular formula is C13H25N3O3. The molecule has 1 fully saturated rings. The molecule has 1 heterocycles. The van der Waals surface area contributed by atoms with Gasteiger partial charge in [-0.3, -0.25) is 9.59 Å². The topological polar surface area (TPSA) is 84.7 Å². The monoisotopic (exact) mass is 271 g/mol. The normalized spacial score (nSPS) is 16.6. The summed E-state index contributed by atoms with van der Waals surface area (Å²) in [7, 11) is 0. The molecule has 3 N–H and O–H groups in total. The Bertz CT molecular complexity index is 302. The third-order valence-electron chi connectivity index (χ3n) is 3.01. The Morgan fingerprint density at radius 1 is 1.37 bits per heavy atom. The van der Waals surface area contributed by atoms with Crippen molar-refractivity contribution in [3.63, 3.8) is 0 Å². The second-order valence-electron chi connectivity index (χ2n) is 5.39. The lowest BCUT2D eigenvalue weighted by molar-refractivity contribution is -0.142. The Morgan fingerprint density at radius 2 is 2.00 bits per heavy atom. The maximum Gasteiger partial charge on any atom is 0.249 e. The van der Waals surface area contributed by atoms with Crippen molar-refractivity contribution in [3.8, 4) is 0 Å². The standard InChI is InChI=1S/C13H25N3O3/c1-10(2)7-16(8-12(14)17)13(18)9-19-11-3-5-15-6-4-11/h10-11,15H,3-9H2,1-2H3,(H2,14,17). The lowest BCUT2D eigenvalue weighted by Crippen LogP contribution is -2.43. The molecule has 2 amide bonds. The highest BCUT2D eigenvalue weighted by molar-refractivity contribution is 5.84. The Labute approximate surface area is 114 Å². The molecule has 1 aliphatic rings. The average molecular weight is 271 g/mol. The van der Waals surface area contributed by atoms with Crippen LogP contribution in [0, 0.1) is 5.92 Å². The average Bonchev–Trinajstić information content (AvgIpc) is 2.35. The summed E-state index contributed by atoms with van der Waals surface area (Å²) in [6.45, 7) is 6.37. The first-order valence-corrected chi connectivity index (χ1v) is 6.87. The highest BCUT2D eigenvalue weighted by Gasteiger charge is 2.20. The lowest BCUT2D eigenvalue weighted by atomic mass is 10.1. The highest BCUT2D eigenvalue weighted by atomic mass is 16.5. The van der Waals surface area contributed by atoms with Gasteiger partial charge in [0, 0.05) is 6.54 Å². The van der Waals surface area contributed by atoms with E-state index < -0.39 is 5.91 Å². The molecule has 0 atom stereocenters. The number of nitrogens with one attached hydrogen (secondary N) is 1. The van der Waals surface area contributed by atoms with Crippen molar-refractivity contribution < 1.29 is 14.3 Å². The van der Waals surface area contributed by atoms with Crippen molar-refractivity contribution in [1.82, 2.24) is 10.2 Å². The van der Waals surface area contributed by atoms with Gasteiger partial charge in [0.25, 0.3) is 0 Å². The summed E-state index contributed by atoms with van der Waals surface area (Å²) in [5.74, 6) is -0.357. The van der Waals surface area contributed by atoms with Gasteiger partial charge >= 0.3 is 0 Å². The van der Waals surface area contributed by atoms with Crippen LogP contribution in [0.15, 0.2) is 0 Å². The number of piperidine rings is 1. The van der Waals surface area contributed by atoms with Crippen LogP contribution < -0.4 is 11.1 Å². The summed E-state index contributed by atoms with van der Waals surface area (Å²) in [5, 5.41) is 3.24. The summed E-state index contributed by atoms with van der Waals surface area (Å²) in [6.07, 6.45) is 1.99. The Kier molecular flexibility index (Phi) is 6.80. The molecule has 1 rings (SSSR count).